The first kappa shape index (κ1) is 21.6. The van der Waals surface area contributed by atoms with Crippen molar-refractivity contribution in [3.63, 3.8) is 0 Å². The van der Waals surface area contributed by atoms with Gasteiger partial charge in [-0.3, -0.25) is 0 Å². The van der Waals surface area contributed by atoms with Crippen LogP contribution in [-0.4, -0.2) is 38.6 Å². The fraction of sp³-hybridized carbons (Fsp3) is 0.360. The van der Waals surface area contributed by atoms with Gasteiger partial charge in [0.05, 0.1) is 0 Å². The van der Waals surface area contributed by atoms with Gasteiger partial charge < -0.3 is 15.0 Å². The highest BCUT2D eigenvalue weighted by Gasteiger charge is 2.16. The molecule has 3 aromatic rings. The van der Waals surface area contributed by atoms with E-state index in [4.69, 9.17) is 4.74 Å². The van der Waals surface area contributed by atoms with E-state index in [2.05, 4.69) is 89.4 Å². The van der Waals surface area contributed by atoms with Crippen LogP contribution in [0, 0.1) is 0 Å². The molecule has 3 nitrogen and oxygen atoms in total. The molecule has 0 amide bonds. The molecule has 0 bridgehead atoms. The number of para-hydroxylation sites is 1. The molecule has 0 spiro atoms. The highest BCUT2D eigenvalue weighted by Crippen LogP contribution is 2.30. The minimum Gasteiger partial charge on any atom is -0.485 e. The molecule has 0 saturated heterocycles. The lowest BCUT2D eigenvalue weighted by molar-refractivity contribution is 0.196. The number of ether oxygens (including phenoxy) is 1. The Balaban J connectivity index is 1.57. The molecule has 1 heterocycles. The monoisotopic (exact) mass is 408 g/mol. The van der Waals surface area contributed by atoms with Crippen LogP contribution in [-0.2, 0) is 12.8 Å². The van der Waals surface area contributed by atoms with E-state index in [-0.39, 0.29) is 6.10 Å². The Hall–Kier alpha value is -2.14. The smallest absolute Gasteiger partial charge is 0.134 e. The highest BCUT2D eigenvalue weighted by atomic mass is 32.1. The molecule has 0 saturated carbocycles. The molecule has 0 aliphatic carbocycles. The Kier molecular flexibility index (Phi) is 8.75. The van der Waals surface area contributed by atoms with Crippen LogP contribution < -0.4 is 10.1 Å². The summed E-state index contributed by atoms with van der Waals surface area (Å²) in [6.45, 7) is 3.02. The van der Waals surface area contributed by atoms with Crippen molar-refractivity contribution in [1.82, 2.24) is 10.2 Å². The van der Waals surface area contributed by atoms with Crippen LogP contribution >= 0.6 is 11.3 Å². The predicted molar refractivity (Wildman–Crippen MR) is 124 cm³/mol. The Bertz CT molecular complexity index is 820. The average molecular weight is 409 g/mol. The van der Waals surface area contributed by atoms with Gasteiger partial charge in [-0.25, -0.2) is 0 Å². The van der Waals surface area contributed by atoms with Gasteiger partial charge >= 0.3 is 0 Å². The van der Waals surface area contributed by atoms with Gasteiger partial charge in [0, 0.05) is 24.4 Å². The van der Waals surface area contributed by atoms with Crippen LogP contribution in [0.15, 0.2) is 72.1 Å². The van der Waals surface area contributed by atoms with Gasteiger partial charge in [0.25, 0.3) is 0 Å². The Labute approximate surface area is 179 Å². The maximum absolute atomic E-state index is 6.51. The molecule has 0 aliphatic heterocycles. The fourth-order valence-corrected chi connectivity index (χ4v) is 4.16. The molecule has 29 heavy (non-hydrogen) atoms. The molecule has 1 aromatic heterocycles. The molecule has 0 fully saturated rings. The molecule has 0 radical (unpaired) electrons. The van der Waals surface area contributed by atoms with Crippen molar-refractivity contribution < 1.29 is 4.74 Å². The molecule has 2 aromatic carbocycles. The van der Waals surface area contributed by atoms with Gasteiger partial charge in [0.15, 0.2) is 0 Å². The second-order valence-electron chi connectivity index (χ2n) is 7.41. The lowest BCUT2D eigenvalue weighted by Crippen LogP contribution is -2.24. The van der Waals surface area contributed by atoms with Crippen LogP contribution in [0.4, 0.5) is 0 Å². The molecule has 0 aliphatic rings. The first-order valence-corrected chi connectivity index (χ1v) is 11.3. The van der Waals surface area contributed by atoms with E-state index in [0.29, 0.717) is 0 Å². The van der Waals surface area contributed by atoms with Crippen molar-refractivity contribution in [1.29, 1.82) is 0 Å². The van der Waals surface area contributed by atoms with Crippen molar-refractivity contribution >= 4 is 11.3 Å². The number of hydrogen-bond donors (Lipinski definition) is 1. The normalized spacial score (nSPS) is 12.2. The number of hydrogen-bond acceptors (Lipinski definition) is 4. The van der Waals surface area contributed by atoms with E-state index < -0.39 is 0 Å². The maximum Gasteiger partial charge on any atom is 0.134 e. The molecule has 3 rings (SSSR count). The molecular formula is C25H32N2OS. The summed E-state index contributed by atoms with van der Waals surface area (Å²) in [7, 11) is 4.19. The van der Waals surface area contributed by atoms with Crippen molar-refractivity contribution in [2.24, 2.45) is 0 Å². The third-order valence-electron chi connectivity index (χ3n) is 5.15. The number of nitrogens with zero attached hydrogens (tertiary/aromatic N) is 1. The summed E-state index contributed by atoms with van der Waals surface area (Å²) in [6, 6.07) is 23.5. The lowest BCUT2D eigenvalue weighted by atomic mass is 10.1. The summed E-state index contributed by atoms with van der Waals surface area (Å²) in [5, 5.41) is 5.37. The fourth-order valence-electron chi connectivity index (χ4n) is 3.38. The van der Waals surface area contributed by atoms with E-state index in [1.807, 2.05) is 7.05 Å². The van der Waals surface area contributed by atoms with Crippen LogP contribution in [0.25, 0.3) is 0 Å². The minimum atomic E-state index is 0.0967. The second kappa shape index (κ2) is 11.8. The van der Waals surface area contributed by atoms with Crippen molar-refractivity contribution in [3.8, 4) is 5.75 Å². The van der Waals surface area contributed by atoms with Gasteiger partial charge in [0.1, 0.15) is 11.9 Å². The largest absolute Gasteiger partial charge is 0.485 e. The lowest BCUT2D eigenvalue weighted by Gasteiger charge is -2.21. The third kappa shape index (κ3) is 7.00. The van der Waals surface area contributed by atoms with E-state index in [1.54, 1.807) is 11.3 Å². The summed E-state index contributed by atoms with van der Waals surface area (Å²) in [4.78, 5) is 3.69. The Morgan fingerprint density at radius 2 is 1.69 bits per heavy atom. The summed E-state index contributed by atoms with van der Waals surface area (Å²) in [5.74, 6) is 1.01. The number of rotatable bonds is 12. The zero-order chi connectivity index (χ0) is 20.3. The minimum absolute atomic E-state index is 0.0967. The number of nitrogens with one attached hydrogen (secondary N) is 1. The van der Waals surface area contributed by atoms with Gasteiger partial charge in [-0.15, -0.1) is 11.3 Å². The summed E-state index contributed by atoms with van der Waals surface area (Å²) in [5.41, 5.74) is 2.68. The van der Waals surface area contributed by atoms with Gasteiger partial charge in [-0.05, 0) is 62.1 Å². The van der Waals surface area contributed by atoms with E-state index in [1.165, 1.54) is 16.0 Å². The molecule has 4 heteroatoms. The first-order valence-electron chi connectivity index (χ1n) is 10.4. The third-order valence-corrected chi connectivity index (χ3v) is 6.11. The molecule has 154 valence electrons. The number of likely N-dealkylation sites (N-methyl/N-ethyl adjacent to an activating group) is 1. The average Bonchev–Trinajstić information content (AvgIpc) is 3.30. The molecule has 1 N–H and O–H groups in total. The van der Waals surface area contributed by atoms with Crippen LogP contribution in [0.5, 0.6) is 5.75 Å². The highest BCUT2D eigenvalue weighted by molar-refractivity contribution is 7.10. The Morgan fingerprint density at radius 1 is 0.931 bits per heavy atom. The molecular weight excluding hydrogens is 376 g/mol. The van der Waals surface area contributed by atoms with E-state index >= 15 is 0 Å². The van der Waals surface area contributed by atoms with Crippen LogP contribution in [0.2, 0.25) is 0 Å². The number of thiophene rings is 1. The van der Waals surface area contributed by atoms with Crippen LogP contribution in [0.1, 0.15) is 28.5 Å². The first-order chi connectivity index (χ1) is 14.3. The van der Waals surface area contributed by atoms with Crippen molar-refractivity contribution in [3.05, 3.63) is 88.1 Å². The van der Waals surface area contributed by atoms with Crippen molar-refractivity contribution in [2.45, 2.75) is 25.4 Å². The molecule has 1 unspecified atom stereocenters. The second-order valence-corrected chi connectivity index (χ2v) is 8.39. The summed E-state index contributed by atoms with van der Waals surface area (Å²) < 4.78 is 6.51. The van der Waals surface area contributed by atoms with Crippen molar-refractivity contribution in [2.75, 3.05) is 33.7 Å². The SMILES string of the molecule is CNCCC(Oc1ccccc1CCN(C)CCc1ccccc1)c1cccs1. The molecule has 1 atom stereocenters. The predicted octanol–water partition coefficient (Wildman–Crippen LogP) is 5.19. The van der Waals surface area contributed by atoms with Gasteiger partial charge in [0.2, 0.25) is 0 Å². The van der Waals surface area contributed by atoms with Crippen LogP contribution in [0.3, 0.4) is 0 Å². The number of benzene rings is 2. The van der Waals surface area contributed by atoms with E-state index in [0.717, 1.165) is 44.6 Å². The van der Waals surface area contributed by atoms with Gasteiger partial charge in [-0.2, -0.15) is 0 Å². The quantitative estimate of drug-likeness (QED) is 0.446. The summed E-state index contributed by atoms with van der Waals surface area (Å²) in [6.07, 6.45) is 3.13. The Morgan fingerprint density at radius 3 is 2.45 bits per heavy atom. The summed E-state index contributed by atoms with van der Waals surface area (Å²) >= 11 is 1.77. The maximum atomic E-state index is 6.51. The zero-order valence-electron chi connectivity index (χ0n) is 17.5. The topological polar surface area (TPSA) is 24.5 Å². The van der Waals surface area contributed by atoms with E-state index in [9.17, 15) is 0 Å². The standard InChI is InChI=1S/C25H32N2OS/c1-26-17-14-24(25-13-8-20-29-25)28-23-12-7-6-11-22(23)16-19-27(2)18-15-21-9-4-3-5-10-21/h3-13,20,24,26H,14-19H2,1-2H3. The van der Waals surface area contributed by atoms with Gasteiger partial charge in [-0.1, -0.05) is 54.6 Å². The zero-order valence-corrected chi connectivity index (χ0v) is 18.3.